The molecule has 1 unspecified atom stereocenters. The molecule has 3 heterocycles. The van der Waals surface area contributed by atoms with Crippen LogP contribution in [0.1, 0.15) is 34.1 Å². The summed E-state index contributed by atoms with van der Waals surface area (Å²) in [6.45, 7) is 8.36. The molecule has 3 rings (SSSR count). The summed E-state index contributed by atoms with van der Waals surface area (Å²) in [5, 5.41) is 11.7. The molecule has 104 valence electrons. The van der Waals surface area contributed by atoms with E-state index in [0.717, 1.165) is 17.3 Å². The lowest BCUT2D eigenvalue weighted by Gasteiger charge is -2.14. The number of hydrogen-bond acceptors (Lipinski definition) is 5. The topological polar surface area (TPSA) is 55.1 Å². The minimum Gasteiger partial charge on any atom is -0.360 e. The van der Waals surface area contributed by atoms with Gasteiger partial charge in [-0.2, -0.15) is 0 Å². The van der Waals surface area contributed by atoms with Gasteiger partial charge in [0.15, 0.2) is 5.82 Å². The maximum Gasteiger partial charge on any atom is 0.203 e. The Morgan fingerprint density at radius 3 is 2.75 bits per heavy atom. The van der Waals surface area contributed by atoms with Crippen molar-refractivity contribution < 1.29 is 0 Å². The molecule has 0 bridgehead atoms. The van der Waals surface area contributed by atoms with Crippen LogP contribution in [0, 0.1) is 20.8 Å². The molecule has 3 aromatic heterocycles. The van der Waals surface area contributed by atoms with Gasteiger partial charge in [-0.15, -0.1) is 21.5 Å². The van der Waals surface area contributed by atoms with Gasteiger partial charge in [0.2, 0.25) is 5.65 Å². The van der Waals surface area contributed by atoms with E-state index in [-0.39, 0.29) is 6.04 Å². The summed E-state index contributed by atoms with van der Waals surface area (Å²) in [5.74, 6) is 1.63. The molecule has 3 aromatic rings. The number of hydrogen-bond donors (Lipinski definition) is 1. The highest BCUT2D eigenvalue weighted by atomic mass is 32.1. The first-order chi connectivity index (χ1) is 9.56. The normalized spacial score (nSPS) is 12.8. The highest BCUT2D eigenvalue weighted by Crippen LogP contribution is 2.28. The third-order valence-electron chi connectivity index (χ3n) is 3.40. The summed E-state index contributed by atoms with van der Waals surface area (Å²) in [7, 11) is 0. The van der Waals surface area contributed by atoms with Crippen molar-refractivity contribution >= 4 is 22.8 Å². The van der Waals surface area contributed by atoms with Crippen molar-refractivity contribution in [2.75, 3.05) is 5.32 Å². The highest BCUT2D eigenvalue weighted by molar-refractivity contribution is 7.12. The number of nitrogens with zero attached hydrogens (tertiary/aromatic N) is 4. The third kappa shape index (κ3) is 2.16. The first kappa shape index (κ1) is 13.1. The van der Waals surface area contributed by atoms with E-state index < -0.39 is 0 Å². The number of aryl methyl sites for hydroxylation is 3. The summed E-state index contributed by atoms with van der Waals surface area (Å²) >= 11 is 1.82. The molecule has 1 N–H and O–H groups in total. The summed E-state index contributed by atoms with van der Waals surface area (Å²) in [6.07, 6.45) is 3.64. The van der Waals surface area contributed by atoms with E-state index in [2.05, 4.69) is 47.3 Å². The van der Waals surface area contributed by atoms with Crippen molar-refractivity contribution in [3.05, 3.63) is 39.6 Å². The van der Waals surface area contributed by atoms with Crippen molar-refractivity contribution in [1.82, 2.24) is 19.6 Å². The van der Waals surface area contributed by atoms with Crippen LogP contribution < -0.4 is 5.32 Å². The highest BCUT2D eigenvalue weighted by Gasteiger charge is 2.14. The number of fused-ring (bicyclic) bond motifs is 1. The van der Waals surface area contributed by atoms with Crippen LogP contribution in [0.5, 0.6) is 0 Å². The van der Waals surface area contributed by atoms with Crippen molar-refractivity contribution in [3.8, 4) is 0 Å². The number of nitrogens with one attached hydrogen (secondary N) is 1. The molecule has 0 fully saturated rings. The molecule has 0 spiro atoms. The maximum atomic E-state index is 4.39. The van der Waals surface area contributed by atoms with Crippen LogP contribution in [0.3, 0.4) is 0 Å². The van der Waals surface area contributed by atoms with E-state index in [1.54, 1.807) is 6.20 Å². The Hall–Kier alpha value is -1.95. The van der Waals surface area contributed by atoms with Gasteiger partial charge in [-0.1, -0.05) is 0 Å². The molecule has 0 aliphatic rings. The summed E-state index contributed by atoms with van der Waals surface area (Å²) in [6, 6.07) is 2.42. The fourth-order valence-corrected chi connectivity index (χ4v) is 3.43. The summed E-state index contributed by atoms with van der Waals surface area (Å²) < 4.78 is 1.94. The molecule has 6 heteroatoms. The van der Waals surface area contributed by atoms with Crippen molar-refractivity contribution in [2.45, 2.75) is 33.7 Å². The van der Waals surface area contributed by atoms with Crippen molar-refractivity contribution in [2.24, 2.45) is 0 Å². The van der Waals surface area contributed by atoms with Gasteiger partial charge in [-0.05, 0) is 39.3 Å². The lowest BCUT2D eigenvalue weighted by Crippen LogP contribution is -2.09. The third-order valence-corrected chi connectivity index (χ3v) is 4.38. The first-order valence-corrected chi connectivity index (χ1v) is 7.37. The molecule has 0 aliphatic heterocycles. The Labute approximate surface area is 121 Å². The average Bonchev–Trinajstić information content (AvgIpc) is 2.94. The van der Waals surface area contributed by atoms with E-state index >= 15 is 0 Å². The standard InChI is InChI=1S/C14H17N5S/c1-8-7-12(10(3)20-8)9(2)16-13-14-18-17-11(4)19(14)6-5-15-13/h5-7,9H,1-4H3,(H,15,16). The molecule has 0 amide bonds. The molecular formula is C14H17N5S. The van der Waals surface area contributed by atoms with E-state index in [1.165, 1.54) is 15.3 Å². The Kier molecular flexibility index (Phi) is 3.17. The second-order valence-corrected chi connectivity index (χ2v) is 6.41. The number of thiophene rings is 1. The predicted octanol–water partition coefficient (Wildman–Crippen LogP) is 3.28. The summed E-state index contributed by atoms with van der Waals surface area (Å²) in [4.78, 5) is 7.06. The lowest BCUT2D eigenvalue weighted by molar-refractivity contribution is 0.869. The molecule has 0 saturated carbocycles. The molecule has 0 saturated heterocycles. The van der Waals surface area contributed by atoms with Gasteiger partial charge < -0.3 is 5.32 Å². The van der Waals surface area contributed by atoms with Crippen LogP contribution in [0.4, 0.5) is 5.82 Å². The lowest BCUT2D eigenvalue weighted by atomic mass is 10.1. The van der Waals surface area contributed by atoms with E-state index in [4.69, 9.17) is 0 Å². The van der Waals surface area contributed by atoms with E-state index in [9.17, 15) is 0 Å². The fourth-order valence-electron chi connectivity index (χ4n) is 2.41. The van der Waals surface area contributed by atoms with Gasteiger partial charge in [0.1, 0.15) is 5.82 Å². The largest absolute Gasteiger partial charge is 0.360 e. The Morgan fingerprint density at radius 2 is 2.05 bits per heavy atom. The number of anilines is 1. The van der Waals surface area contributed by atoms with Crippen LogP contribution in [-0.4, -0.2) is 19.6 Å². The second-order valence-electron chi connectivity index (χ2n) is 4.95. The zero-order valence-corrected chi connectivity index (χ0v) is 12.8. The van der Waals surface area contributed by atoms with Crippen LogP contribution in [0.15, 0.2) is 18.5 Å². The van der Waals surface area contributed by atoms with Crippen LogP contribution in [0.2, 0.25) is 0 Å². The van der Waals surface area contributed by atoms with E-state index in [1.807, 2.05) is 28.9 Å². The quantitative estimate of drug-likeness (QED) is 0.803. The zero-order valence-electron chi connectivity index (χ0n) is 12.0. The number of rotatable bonds is 3. The monoisotopic (exact) mass is 287 g/mol. The first-order valence-electron chi connectivity index (χ1n) is 6.56. The number of aromatic nitrogens is 4. The molecule has 1 atom stereocenters. The average molecular weight is 287 g/mol. The van der Waals surface area contributed by atoms with Crippen molar-refractivity contribution in [1.29, 1.82) is 0 Å². The van der Waals surface area contributed by atoms with Gasteiger partial charge in [-0.25, -0.2) is 4.98 Å². The van der Waals surface area contributed by atoms with Gasteiger partial charge in [0.05, 0.1) is 6.04 Å². The molecule has 20 heavy (non-hydrogen) atoms. The maximum absolute atomic E-state index is 4.39. The smallest absolute Gasteiger partial charge is 0.203 e. The fraction of sp³-hybridized carbons (Fsp3) is 0.357. The van der Waals surface area contributed by atoms with Crippen LogP contribution in [-0.2, 0) is 0 Å². The Bertz CT molecular complexity index is 758. The molecular weight excluding hydrogens is 270 g/mol. The van der Waals surface area contributed by atoms with Crippen LogP contribution >= 0.6 is 11.3 Å². The molecule has 5 nitrogen and oxygen atoms in total. The van der Waals surface area contributed by atoms with Gasteiger partial charge in [0.25, 0.3) is 0 Å². The molecule has 0 radical (unpaired) electrons. The van der Waals surface area contributed by atoms with E-state index in [0.29, 0.717) is 0 Å². The van der Waals surface area contributed by atoms with Crippen LogP contribution in [0.25, 0.3) is 5.65 Å². The summed E-state index contributed by atoms with van der Waals surface area (Å²) in [5.41, 5.74) is 2.08. The SMILES string of the molecule is Cc1cc(C(C)Nc2nccn3c(C)nnc23)c(C)s1. The molecule has 0 aromatic carbocycles. The zero-order chi connectivity index (χ0) is 14.3. The minimum atomic E-state index is 0.190. The Morgan fingerprint density at radius 1 is 1.25 bits per heavy atom. The molecule has 0 aliphatic carbocycles. The minimum absolute atomic E-state index is 0.190. The van der Waals surface area contributed by atoms with Gasteiger partial charge >= 0.3 is 0 Å². The van der Waals surface area contributed by atoms with Gasteiger partial charge in [-0.3, -0.25) is 4.40 Å². The van der Waals surface area contributed by atoms with Gasteiger partial charge in [0, 0.05) is 22.1 Å². The predicted molar refractivity (Wildman–Crippen MR) is 81.3 cm³/mol. The Balaban J connectivity index is 1.95. The second kappa shape index (κ2) is 4.86. The van der Waals surface area contributed by atoms with Crippen molar-refractivity contribution in [3.63, 3.8) is 0 Å².